The predicted octanol–water partition coefficient (Wildman–Crippen LogP) is 4.83. The highest BCUT2D eigenvalue weighted by Crippen LogP contribution is 2.19. The fourth-order valence-corrected chi connectivity index (χ4v) is 3.05. The number of aliphatic carboxylic acids is 1. The third kappa shape index (κ3) is 7.07. The molecule has 0 radical (unpaired) electrons. The third-order valence-electron chi connectivity index (χ3n) is 4.47. The van der Waals surface area contributed by atoms with Crippen LogP contribution < -0.4 is 4.90 Å². The largest absolute Gasteiger partial charge is 0.481 e. The molecule has 1 aliphatic rings. The number of hydrogen-bond donors (Lipinski definition) is 1. The molecule has 0 amide bonds. The summed E-state index contributed by atoms with van der Waals surface area (Å²) >= 11 is 0. The summed E-state index contributed by atoms with van der Waals surface area (Å²) in [6, 6.07) is 10.5. The lowest BCUT2D eigenvalue weighted by atomic mass is 10.1. The van der Waals surface area contributed by atoms with Crippen molar-refractivity contribution in [2.24, 2.45) is 0 Å². The molecule has 1 aromatic rings. The zero-order chi connectivity index (χ0) is 17.0. The quantitative estimate of drug-likeness (QED) is 0.557. The molecule has 132 valence electrons. The van der Waals surface area contributed by atoms with Crippen molar-refractivity contribution in [2.75, 3.05) is 18.1 Å². The van der Waals surface area contributed by atoms with Crippen LogP contribution in [-0.2, 0) is 4.79 Å². The highest BCUT2D eigenvalue weighted by atomic mass is 16.4. The van der Waals surface area contributed by atoms with Gasteiger partial charge in [-0.15, -0.1) is 0 Å². The first-order chi connectivity index (χ1) is 11.8. The Kier molecular flexibility index (Phi) is 8.22. The SMILES string of the molecule is O=C(O)CCCCCCCCCCN1C=CN(c2ccccc2)C1. The lowest BCUT2D eigenvalue weighted by Crippen LogP contribution is -2.25. The van der Waals surface area contributed by atoms with Crippen LogP contribution in [-0.4, -0.2) is 29.2 Å². The summed E-state index contributed by atoms with van der Waals surface area (Å²) in [5.74, 6) is -0.670. The maximum atomic E-state index is 10.4. The first-order valence-corrected chi connectivity index (χ1v) is 9.21. The van der Waals surface area contributed by atoms with Crippen molar-refractivity contribution in [1.82, 2.24) is 4.90 Å². The molecule has 0 aliphatic carbocycles. The minimum Gasteiger partial charge on any atom is -0.481 e. The molecular formula is C20H30N2O2. The number of para-hydroxylation sites is 1. The molecule has 4 nitrogen and oxygen atoms in total. The van der Waals surface area contributed by atoms with E-state index in [4.69, 9.17) is 5.11 Å². The second-order valence-electron chi connectivity index (χ2n) is 6.53. The number of benzene rings is 1. The lowest BCUT2D eigenvalue weighted by molar-refractivity contribution is -0.137. The van der Waals surface area contributed by atoms with Gasteiger partial charge in [0.2, 0.25) is 0 Å². The van der Waals surface area contributed by atoms with Crippen LogP contribution in [0.1, 0.15) is 57.8 Å². The van der Waals surface area contributed by atoms with Gasteiger partial charge in [0.25, 0.3) is 0 Å². The molecule has 0 bridgehead atoms. The summed E-state index contributed by atoms with van der Waals surface area (Å²) < 4.78 is 0. The third-order valence-corrected chi connectivity index (χ3v) is 4.47. The van der Waals surface area contributed by atoms with E-state index in [1.165, 1.54) is 44.2 Å². The number of carbonyl (C=O) groups is 1. The molecular weight excluding hydrogens is 300 g/mol. The van der Waals surface area contributed by atoms with Gasteiger partial charge in [-0.25, -0.2) is 0 Å². The maximum Gasteiger partial charge on any atom is 0.303 e. The Bertz CT molecular complexity index is 502. The summed E-state index contributed by atoms with van der Waals surface area (Å²) in [4.78, 5) is 15.1. The average molecular weight is 330 g/mol. The number of anilines is 1. The number of carboxylic acids is 1. The van der Waals surface area contributed by atoms with E-state index in [1.54, 1.807) is 0 Å². The van der Waals surface area contributed by atoms with Crippen LogP contribution in [0.4, 0.5) is 5.69 Å². The predicted molar refractivity (Wildman–Crippen MR) is 98.8 cm³/mol. The van der Waals surface area contributed by atoms with Gasteiger partial charge in [-0.1, -0.05) is 56.7 Å². The number of hydrogen-bond acceptors (Lipinski definition) is 3. The van der Waals surface area contributed by atoms with Crippen LogP contribution in [0.3, 0.4) is 0 Å². The molecule has 0 atom stereocenters. The normalized spacial score (nSPS) is 13.7. The number of carboxylic acid groups (broad SMARTS) is 1. The Morgan fingerprint density at radius 3 is 2.17 bits per heavy atom. The van der Waals surface area contributed by atoms with Gasteiger partial charge >= 0.3 is 5.97 Å². The van der Waals surface area contributed by atoms with Crippen LogP contribution in [0.25, 0.3) is 0 Å². The molecule has 1 aromatic carbocycles. The fraction of sp³-hybridized carbons (Fsp3) is 0.550. The minimum absolute atomic E-state index is 0.323. The second-order valence-corrected chi connectivity index (χ2v) is 6.53. The van der Waals surface area contributed by atoms with Crippen molar-refractivity contribution < 1.29 is 9.90 Å². The number of unbranched alkanes of at least 4 members (excludes halogenated alkanes) is 7. The molecule has 0 unspecified atom stereocenters. The van der Waals surface area contributed by atoms with Crippen molar-refractivity contribution in [3.63, 3.8) is 0 Å². The molecule has 0 spiro atoms. The van der Waals surface area contributed by atoms with Gasteiger partial charge < -0.3 is 14.9 Å². The molecule has 0 saturated carbocycles. The van der Waals surface area contributed by atoms with Crippen LogP contribution in [0.2, 0.25) is 0 Å². The molecule has 1 N–H and O–H groups in total. The molecule has 4 heteroatoms. The van der Waals surface area contributed by atoms with Gasteiger partial charge in [0.05, 0.1) is 6.67 Å². The monoisotopic (exact) mass is 330 g/mol. The van der Waals surface area contributed by atoms with E-state index in [-0.39, 0.29) is 0 Å². The lowest BCUT2D eigenvalue weighted by Gasteiger charge is -2.21. The Labute approximate surface area is 145 Å². The minimum atomic E-state index is -0.670. The number of nitrogens with zero attached hydrogens (tertiary/aromatic N) is 2. The molecule has 2 rings (SSSR count). The van der Waals surface area contributed by atoms with E-state index < -0.39 is 5.97 Å². The van der Waals surface area contributed by atoms with Crippen molar-refractivity contribution in [1.29, 1.82) is 0 Å². The Morgan fingerprint density at radius 2 is 1.50 bits per heavy atom. The van der Waals surface area contributed by atoms with Gasteiger partial charge in [-0.2, -0.15) is 0 Å². The van der Waals surface area contributed by atoms with Crippen molar-refractivity contribution in [2.45, 2.75) is 57.8 Å². The summed E-state index contributed by atoms with van der Waals surface area (Å²) in [6.07, 6.45) is 14.1. The first kappa shape index (κ1) is 18.4. The highest BCUT2D eigenvalue weighted by Gasteiger charge is 2.12. The Hall–Kier alpha value is -1.97. The first-order valence-electron chi connectivity index (χ1n) is 9.21. The second kappa shape index (κ2) is 10.7. The molecule has 1 heterocycles. The standard InChI is InChI=1S/C20H30N2O2/c23-20(24)14-10-5-3-1-2-4-6-11-15-21-16-17-22(18-21)19-12-8-7-9-13-19/h7-9,12-13,16-17H,1-6,10-11,14-15,18H2,(H,23,24). The highest BCUT2D eigenvalue weighted by molar-refractivity contribution is 5.66. The smallest absolute Gasteiger partial charge is 0.303 e. The van der Waals surface area contributed by atoms with Gasteiger partial charge in [0.1, 0.15) is 0 Å². The molecule has 1 aliphatic heterocycles. The van der Waals surface area contributed by atoms with Gasteiger partial charge in [-0.05, 0) is 25.0 Å². The van der Waals surface area contributed by atoms with Crippen LogP contribution in [0, 0.1) is 0 Å². The molecule has 24 heavy (non-hydrogen) atoms. The van der Waals surface area contributed by atoms with Gasteiger partial charge in [0.15, 0.2) is 0 Å². The van der Waals surface area contributed by atoms with E-state index in [0.29, 0.717) is 6.42 Å². The summed E-state index contributed by atoms with van der Waals surface area (Å²) in [5.41, 5.74) is 1.25. The van der Waals surface area contributed by atoms with Crippen LogP contribution >= 0.6 is 0 Å². The zero-order valence-electron chi connectivity index (χ0n) is 14.6. The fourth-order valence-electron chi connectivity index (χ4n) is 3.05. The Morgan fingerprint density at radius 1 is 0.875 bits per heavy atom. The molecule has 0 saturated heterocycles. The van der Waals surface area contributed by atoms with E-state index in [9.17, 15) is 4.79 Å². The summed E-state index contributed by atoms with van der Waals surface area (Å²) in [6.45, 7) is 2.08. The van der Waals surface area contributed by atoms with Crippen molar-refractivity contribution >= 4 is 11.7 Å². The summed E-state index contributed by atoms with van der Waals surface area (Å²) in [7, 11) is 0. The molecule has 0 aromatic heterocycles. The van der Waals surface area contributed by atoms with Gasteiger partial charge in [-0.3, -0.25) is 4.79 Å². The van der Waals surface area contributed by atoms with Crippen LogP contribution in [0.15, 0.2) is 42.7 Å². The van der Waals surface area contributed by atoms with E-state index in [2.05, 4.69) is 46.5 Å². The van der Waals surface area contributed by atoms with E-state index >= 15 is 0 Å². The van der Waals surface area contributed by atoms with E-state index in [1.807, 2.05) is 6.07 Å². The van der Waals surface area contributed by atoms with Crippen molar-refractivity contribution in [3.05, 3.63) is 42.7 Å². The number of rotatable bonds is 12. The van der Waals surface area contributed by atoms with Crippen molar-refractivity contribution in [3.8, 4) is 0 Å². The maximum absolute atomic E-state index is 10.4. The average Bonchev–Trinajstić information content (AvgIpc) is 3.06. The summed E-state index contributed by atoms with van der Waals surface area (Å²) in [5, 5.41) is 8.57. The zero-order valence-corrected chi connectivity index (χ0v) is 14.6. The topological polar surface area (TPSA) is 43.8 Å². The molecule has 0 fully saturated rings. The van der Waals surface area contributed by atoms with Gasteiger partial charge in [0, 0.05) is 31.1 Å². The van der Waals surface area contributed by atoms with Crippen LogP contribution in [0.5, 0.6) is 0 Å². The Balaban J connectivity index is 1.43. The van der Waals surface area contributed by atoms with E-state index in [0.717, 1.165) is 26.1 Å².